The van der Waals surface area contributed by atoms with Crippen molar-refractivity contribution in [1.29, 1.82) is 0 Å². The largest absolute Gasteiger partial charge is 0.388 e. The molecule has 0 bridgehead atoms. The van der Waals surface area contributed by atoms with Crippen LogP contribution in [0.15, 0.2) is 0 Å². The molecule has 4 heteroatoms. The third-order valence-corrected chi connectivity index (χ3v) is 3.53. The summed E-state index contributed by atoms with van der Waals surface area (Å²) in [6.07, 6.45) is 2.69. The van der Waals surface area contributed by atoms with Gasteiger partial charge in [0.15, 0.2) is 0 Å². The van der Waals surface area contributed by atoms with E-state index in [0.717, 1.165) is 25.8 Å². The Morgan fingerprint density at radius 1 is 1.56 bits per heavy atom. The molecule has 2 aliphatic heterocycles. The Morgan fingerprint density at radius 3 is 2.88 bits per heavy atom. The van der Waals surface area contributed by atoms with Crippen LogP contribution >= 0.6 is 0 Å². The fraction of sp³-hybridized carbons (Fsp3) is 0.917. The number of hydrogen-bond acceptors (Lipinski definition) is 3. The Morgan fingerprint density at radius 2 is 2.31 bits per heavy atom. The monoisotopic (exact) mass is 227 g/mol. The van der Waals surface area contributed by atoms with Crippen molar-refractivity contribution in [1.82, 2.24) is 4.90 Å². The molecule has 3 unspecified atom stereocenters. The van der Waals surface area contributed by atoms with Gasteiger partial charge in [0.05, 0.1) is 24.2 Å². The number of β-amino-alcohol motifs (C(OH)–C–C–N with tert-alkyl or cyclic N) is 1. The van der Waals surface area contributed by atoms with Gasteiger partial charge in [-0.15, -0.1) is 0 Å². The highest BCUT2D eigenvalue weighted by atomic mass is 16.5. The minimum absolute atomic E-state index is 0.00361. The summed E-state index contributed by atoms with van der Waals surface area (Å²) < 4.78 is 5.42. The Balaban J connectivity index is 1.94. The SMILES string of the molecule is CC1CC(C(=O)N2CCCC(C)(O)C2)CO1. The molecule has 0 saturated carbocycles. The zero-order valence-electron chi connectivity index (χ0n) is 10.1. The second-order valence-corrected chi connectivity index (χ2v) is 5.44. The highest BCUT2D eigenvalue weighted by Crippen LogP contribution is 2.26. The van der Waals surface area contributed by atoms with E-state index in [-0.39, 0.29) is 17.9 Å². The van der Waals surface area contributed by atoms with Gasteiger partial charge in [-0.25, -0.2) is 0 Å². The van der Waals surface area contributed by atoms with Gasteiger partial charge >= 0.3 is 0 Å². The number of likely N-dealkylation sites (tertiary alicyclic amines) is 1. The van der Waals surface area contributed by atoms with Crippen molar-refractivity contribution >= 4 is 5.91 Å². The Hall–Kier alpha value is -0.610. The molecular formula is C12H21NO3. The van der Waals surface area contributed by atoms with Crippen LogP contribution in [0.5, 0.6) is 0 Å². The lowest BCUT2D eigenvalue weighted by atomic mass is 9.93. The van der Waals surface area contributed by atoms with E-state index in [4.69, 9.17) is 4.74 Å². The third-order valence-electron chi connectivity index (χ3n) is 3.53. The Bertz CT molecular complexity index is 277. The smallest absolute Gasteiger partial charge is 0.228 e. The Kier molecular flexibility index (Phi) is 3.22. The van der Waals surface area contributed by atoms with E-state index in [2.05, 4.69) is 0 Å². The summed E-state index contributed by atoms with van der Waals surface area (Å²) in [6.45, 7) is 5.59. The molecule has 3 atom stereocenters. The fourth-order valence-electron chi connectivity index (χ4n) is 2.66. The first-order chi connectivity index (χ1) is 7.48. The van der Waals surface area contributed by atoms with Gasteiger partial charge in [-0.3, -0.25) is 4.79 Å². The molecule has 0 aliphatic carbocycles. The number of hydrogen-bond donors (Lipinski definition) is 1. The van der Waals surface area contributed by atoms with E-state index in [1.807, 2.05) is 6.92 Å². The molecule has 92 valence electrons. The van der Waals surface area contributed by atoms with E-state index in [1.54, 1.807) is 11.8 Å². The quantitative estimate of drug-likeness (QED) is 0.720. The van der Waals surface area contributed by atoms with Crippen LogP contribution in [0.2, 0.25) is 0 Å². The average Bonchev–Trinajstić information content (AvgIpc) is 2.62. The summed E-state index contributed by atoms with van der Waals surface area (Å²) in [4.78, 5) is 14.0. The molecule has 2 rings (SSSR count). The molecule has 4 nitrogen and oxygen atoms in total. The first-order valence-electron chi connectivity index (χ1n) is 6.11. The van der Waals surface area contributed by atoms with Crippen molar-refractivity contribution in [3.63, 3.8) is 0 Å². The summed E-state index contributed by atoms with van der Waals surface area (Å²) >= 11 is 0. The minimum Gasteiger partial charge on any atom is -0.388 e. The molecule has 0 radical (unpaired) electrons. The maximum absolute atomic E-state index is 12.2. The van der Waals surface area contributed by atoms with E-state index in [1.165, 1.54) is 0 Å². The van der Waals surface area contributed by atoms with Gasteiger partial charge in [-0.2, -0.15) is 0 Å². The van der Waals surface area contributed by atoms with Crippen molar-refractivity contribution in [2.75, 3.05) is 19.7 Å². The molecule has 0 aromatic rings. The molecule has 0 aromatic heterocycles. The lowest BCUT2D eigenvalue weighted by Gasteiger charge is -2.37. The van der Waals surface area contributed by atoms with E-state index in [9.17, 15) is 9.90 Å². The fourth-order valence-corrected chi connectivity index (χ4v) is 2.66. The molecule has 16 heavy (non-hydrogen) atoms. The van der Waals surface area contributed by atoms with Crippen molar-refractivity contribution in [3.05, 3.63) is 0 Å². The van der Waals surface area contributed by atoms with Gasteiger partial charge in [0, 0.05) is 13.1 Å². The van der Waals surface area contributed by atoms with Crippen molar-refractivity contribution in [2.45, 2.75) is 44.8 Å². The normalized spacial score (nSPS) is 40.1. The molecule has 2 saturated heterocycles. The Labute approximate surface area is 96.6 Å². The summed E-state index contributed by atoms with van der Waals surface area (Å²) in [6, 6.07) is 0. The topological polar surface area (TPSA) is 49.8 Å². The second-order valence-electron chi connectivity index (χ2n) is 5.44. The van der Waals surface area contributed by atoms with Gasteiger partial charge in [0.1, 0.15) is 0 Å². The zero-order chi connectivity index (χ0) is 11.8. The second kappa shape index (κ2) is 4.34. The zero-order valence-corrected chi connectivity index (χ0v) is 10.1. The molecule has 2 heterocycles. The number of amides is 1. The number of ether oxygens (including phenoxy) is 1. The van der Waals surface area contributed by atoms with Crippen LogP contribution in [-0.2, 0) is 9.53 Å². The van der Waals surface area contributed by atoms with Crippen molar-refractivity contribution < 1.29 is 14.6 Å². The standard InChI is InChI=1S/C12H21NO3/c1-9-6-10(7-16-9)11(14)13-5-3-4-12(2,15)8-13/h9-10,15H,3-8H2,1-2H3. The van der Waals surface area contributed by atoms with Crippen LogP contribution in [0.25, 0.3) is 0 Å². The minimum atomic E-state index is -0.709. The predicted molar refractivity (Wildman–Crippen MR) is 60.0 cm³/mol. The van der Waals surface area contributed by atoms with Crippen LogP contribution in [0, 0.1) is 5.92 Å². The van der Waals surface area contributed by atoms with Gasteiger partial charge in [0.25, 0.3) is 0 Å². The van der Waals surface area contributed by atoms with Crippen LogP contribution < -0.4 is 0 Å². The molecule has 0 spiro atoms. The molecule has 1 amide bonds. The van der Waals surface area contributed by atoms with Crippen LogP contribution in [0.3, 0.4) is 0 Å². The number of rotatable bonds is 1. The first kappa shape index (κ1) is 11.9. The van der Waals surface area contributed by atoms with Crippen molar-refractivity contribution in [3.8, 4) is 0 Å². The highest BCUT2D eigenvalue weighted by molar-refractivity contribution is 5.79. The molecule has 2 aliphatic rings. The third kappa shape index (κ3) is 2.55. The molecule has 2 fully saturated rings. The number of nitrogens with zero attached hydrogens (tertiary/aromatic N) is 1. The maximum atomic E-state index is 12.2. The first-order valence-corrected chi connectivity index (χ1v) is 6.11. The summed E-state index contributed by atoms with van der Waals surface area (Å²) in [7, 11) is 0. The summed E-state index contributed by atoms with van der Waals surface area (Å²) in [5.41, 5.74) is -0.709. The molecule has 1 N–H and O–H groups in total. The summed E-state index contributed by atoms with van der Waals surface area (Å²) in [5, 5.41) is 9.96. The molecular weight excluding hydrogens is 206 g/mol. The highest BCUT2D eigenvalue weighted by Gasteiger charge is 2.36. The average molecular weight is 227 g/mol. The lowest BCUT2D eigenvalue weighted by Crippen LogP contribution is -2.50. The molecule has 0 aromatic carbocycles. The number of carbonyl (C=O) groups excluding carboxylic acids is 1. The van der Waals surface area contributed by atoms with Crippen molar-refractivity contribution in [2.24, 2.45) is 5.92 Å². The number of carbonyl (C=O) groups is 1. The van der Waals surface area contributed by atoms with Crippen LogP contribution in [-0.4, -0.2) is 47.3 Å². The van der Waals surface area contributed by atoms with Gasteiger partial charge in [0.2, 0.25) is 5.91 Å². The van der Waals surface area contributed by atoms with Gasteiger partial charge in [-0.05, 0) is 33.1 Å². The number of aliphatic hydroxyl groups is 1. The van der Waals surface area contributed by atoms with Crippen LogP contribution in [0.4, 0.5) is 0 Å². The van der Waals surface area contributed by atoms with E-state index < -0.39 is 5.60 Å². The predicted octanol–water partition coefficient (Wildman–Crippen LogP) is 0.785. The van der Waals surface area contributed by atoms with Gasteiger partial charge in [-0.1, -0.05) is 0 Å². The van der Waals surface area contributed by atoms with E-state index >= 15 is 0 Å². The number of piperidine rings is 1. The summed E-state index contributed by atoms with van der Waals surface area (Å²) in [5.74, 6) is 0.160. The maximum Gasteiger partial charge on any atom is 0.228 e. The van der Waals surface area contributed by atoms with Crippen LogP contribution in [0.1, 0.15) is 33.1 Å². The van der Waals surface area contributed by atoms with Gasteiger partial charge < -0.3 is 14.7 Å². The lowest BCUT2D eigenvalue weighted by molar-refractivity contribution is -0.141. The van der Waals surface area contributed by atoms with E-state index in [0.29, 0.717) is 13.2 Å².